The molecular weight excluding hydrogens is 466 g/mol. The van der Waals surface area contributed by atoms with E-state index in [4.69, 9.17) is 4.98 Å². The molecular formula is C28H39N7O2. The predicted molar refractivity (Wildman–Crippen MR) is 142 cm³/mol. The van der Waals surface area contributed by atoms with Crippen molar-refractivity contribution in [2.45, 2.75) is 63.5 Å². The van der Waals surface area contributed by atoms with Crippen LogP contribution in [0.25, 0.3) is 0 Å². The Morgan fingerprint density at radius 3 is 2.43 bits per heavy atom. The van der Waals surface area contributed by atoms with Gasteiger partial charge in [0.25, 0.3) is 5.91 Å². The van der Waals surface area contributed by atoms with Crippen molar-refractivity contribution in [1.29, 1.82) is 0 Å². The fraction of sp³-hybridized carbons (Fsp3) is 0.643. The highest BCUT2D eigenvalue weighted by Crippen LogP contribution is 2.58. The summed E-state index contributed by atoms with van der Waals surface area (Å²) < 4.78 is 1.55. The van der Waals surface area contributed by atoms with Gasteiger partial charge in [0.15, 0.2) is 0 Å². The van der Waals surface area contributed by atoms with Gasteiger partial charge in [0.2, 0.25) is 5.91 Å². The number of likely N-dealkylation sites (N-methyl/N-ethyl adjacent to an activating group) is 1. The molecule has 9 nitrogen and oxygen atoms in total. The number of carbonyl (C=O) groups excluding carboxylic acids is 2. The molecule has 3 aliphatic carbocycles. The smallest absolute Gasteiger partial charge is 0.270 e. The summed E-state index contributed by atoms with van der Waals surface area (Å²) in [5.74, 6) is 1.11. The van der Waals surface area contributed by atoms with Crippen molar-refractivity contribution in [1.82, 2.24) is 25.0 Å². The van der Waals surface area contributed by atoms with Gasteiger partial charge in [-0.15, -0.1) is 0 Å². The number of anilines is 2. The van der Waals surface area contributed by atoms with Crippen LogP contribution in [0.3, 0.4) is 0 Å². The van der Waals surface area contributed by atoms with Gasteiger partial charge in [-0.3, -0.25) is 19.2 Å². The first-order valence-corrected chi connectivity index (χ1v) is 13.8. The third-order valence-corrected chi connectivity index (χ3v) is 9.65. The monoisotopic (exact) mass is 505 g/mol. The highest BCUT2D eigenvalue weighted by atomic mass is 16.2. The molecule has 0 bridgehead atoms. The molecule has 1 unspecified atom stereocenters. The third kappa shape index (κ3) is 4.62. The second-order valence-corrected chi connectivity index (χ2v) is 12.1. The Balaban J connectivity index is 1.19. The van der Waals surface area contributed by atoms with E-state index in [0.717, 1.165) is 51.1 Å². The standard InChI is InChI=1S/C28H39N7O2/c1-27(10-11-27)23(19-5-4-6-19)24(32-25(36)21-9-14-30-34(21)3)26(37)31-20-7-8-22(29-17-20)35-16-15-33(2)28(18-35)12-13-28/h7-9,14,17,19,23-24H,4-6,10-13,15-16,18H2,1-3H3,(H,31,37)(H,32,36)/t23?,24-/m0/s1. The molecule has 1 spiro atoms. The molecule has 0 radical (unpaired) electrons. The molecule has 0 aromatic carbocycles. The predicted octanol–water partition coefficient (Wildman–Crippen LogP) is 3.05. The Morgan fingerprint density at radius 2 is 1.86 bits per heavy atom. The van der Waals surface area contributed by atoms with Crippen LogP contribution in [-0.2, 0) is 11.8 Å². The molecule has 2 aromatic heterocycles. The molecule has 3 saturated carbocycles. The first-order valence-electron chi connectivity index (χ1n) is 13.8. The van der Waals surface area contributed by atoms with E-state index in [0.29, 0.717) is 22.8 Å². The molecule has 37 heavy (non-hydrogen) atoms. The fourth-order valence-corrected chi connectivity index (χ4v) is 6.51. The van der Waals surface area contributed by atoms with Crippen molar-refractivity contribution in [2.24, 2.45) is 24.3 Å². The van der Waals surface area contributed by atoms with Gasteiger partial charge >= 0.3 is 0 Å². The van der Waals surface area contributed by atoms with Gasteiger partial charge < -0.3 is 15.5 Å². The van der Waals surface area contributed by atoms with E-state index < -0.39 is 6.04 Å². The molecule has 6 rings (SSSR count). The zero-order valence-corrected chi connectivity index (χ0v) is 22.2. The number of carbonyl (C=O) groups is 2. The Bertz CT molecular complexity index is 1160. The highest BCUT2D eigenvalue weighted by Gasteiger charge is 2.54. The number of hydrogen-bond acceptors (Lipinski definition) is 6. The van der Waals surface area contributed by atoms with E-state index >= 15 is 0 Å². The summed E-state index contributed by atoms with van der Waals surface area (Å²) in [7, 11) is 3.97. The van der Waals surface area contributed by atoms with Crippen LogP contribution < -0.4 is 15.5 Å². The number of nitrogens with one attached hydrogen (secondary N) is 2. The molecule has 9 heteroatoms. The number of nitrogens with zero attached hydrogens (tertiary/aromatic N) is 5. The minimum Gasteiger partial charge on any atom is -0.353 e. The van der Waals surface area contributed by atoms with Crippen LogP contribution in [0.15, 0.2) is 30.6 Å². The normalized spacial score (nSPS) is 23.7. The van der Waals surface area contributed by atoms with Gasteiger partial charge in [-0.1, -0.05) is 26.2 Å². The fourth-order valence-electron chi connectivity index (χ4n) is 6.51. The van der Waals surface area contributed by atoms with Gasteiger partial charge in [0.05, 0.1) is 11.9 Å². The second kappa shape index (κ2) is 9.11. The van der Waals surface area contributed by atoms with E-state index in [2.05, 4.69) is 39.5 Å². The first-order chi connectivity index (χ1) is 17.8. The topological polar surface area (TPSA) is 95.4 Å². The summed E-state index contributed by atoms with van der Waals surface area (Å²) in [6.07, 6.45) is 11.5. The van der Waals surface area contributed by atoms with Crippen LogP contribution in [0.4, 0.5) is 11.5 Å². The van der Waals surface area contributed by atoms with Crippen molar-refractivity contribution in [3.05, 3.63) is 36.3 Å². The summed E-state index contributed by atoms with van der Waals surface area (Å²) >= 11 is 0. The molecule has 4 fully saturated rings. The minimum atomic E-state index is -0.604. The average Bonchev–Trinajstić information content (AvgIpc) is 3.75. The zero-order valence-electron chi connectivity index (χ0n) is 22.2. The minimum absolute atomic E-state index is 0.0924. The summed E-state index contributed by atoms with van der Waals surface area (Å²) in [4.78, 5) is 36.5. The van der Waals surface area contributed by atoms with E-state index in [1.165, 1.54) is 19.3 Å². The SMILES string of the molecule is CN1CCN(c2ccc(NC(=O)[C@@H](NC(=O)c3ccnn3C)C(C3CCC3)C3(C)CC3)cn2)CC12CC2. The summed E-state index contributed by atoms with van der Waals surface area (Å²) in [5, 5.41) is 10.3. The van der Waals surface area contributed by atoms with Gasteiger partial charge in [-0.25, -0.2) is 4.98 Å². The summed E-state index contributed by atoms with van der Waals surface area (Å²) in [5.41, 5.74) is 1.53. The Kier molecular flexibility index (Phi) is 6.01. The maximum Gasteiger partial charge on any atom is 0.270 e. The van der Waals surface area contributed by atoms with Crippen LogP contribution in [0.2, 0.25) is 0 Å². The molecule has 2 atom stereocenters. The molecule has 1 saturated heterocycles. The van der Waals surface area contributed by atoms with Crippen LogP contribution in [0.5, 0.6) is 0 Å². The van der Waals surface area contributed by atoms with E-state index in [1.807, 2.05) is 12.1 Å². The average molecular weight is 506 g/mol. The molecule has 1 aliphatic heterocycles. The third-order valence-electron chi connectivity index (χ3n) is 9.65. The van der Waals surface area contributed by atoms with Crippen molar-refractivity contribution >= 4 is 23.3 Å². The van der Waals surface area contributed by atoms with E-state index in [9.17, 15) is 9.59 Å². The Labute approximate surface area is 219 Å². The number of pyridine rings is 1. The second-order valence-electron chi connectivity index (χ2n) is 12.1. The number of aryl methyl sites for hydroxylation is 1. The van der Waals surface area contributed by atoms with Gasteiger partial charge in [-0.05, 0) is 68.2 Å². The lowest BCUT2D eigenvalue weighted by Crippen LogP contribution is -2.54. The quantitative estimate of drug-likeness (QED) is 0.573. The molecule has 2 amide bonds. The summed E-state index contributed by atoms with van der Waals surface area (Å²) in [6, 6.07) is 5.03. The number of aromatic nitrogens is 3. The number of hydrogen-bond donors (Lipinski definition) is 2. The zero-order chi connectivity index (χ0) is 25.8. The number of rotatable bonds is 8. The maximum atomic E-state index is 13.8. The number of amides is 2. The maximum absolute atomic E-state index is 13.8. The van der Waals surface area contributed by atoms with Crippen molar-refractivity contribution in [3.8, 4) is 0 Å². The van der Waals surface area contributed by atoms with Crippen LogP contribution >= 0.6 is 0 Å². The van der Waals surface area contributed by atoms with Crippen molar-refractivity contribution in [3.63, 3.8) is 0 Å². The molecule has 2 N–H and O–H groups in total. The largest absolute Gasteiger partial charge is 0.353 e. The van der Waals surface area contributed by atoms with Crippen LogP contribution in [0.1, 0.15) is 62.4 Å². The van der Waals surface area contributed by atoms with Gasteiger partial charge in [-0.2, -0.15) is 5.10 Å². The summed E-state index contributed by atoms with van der Waals surface area (Å²) in [6.45, 7) is 5.28. The molecule has 3 heterocycles. The van der Waals surface area contributed by atoms with E-state index in [1.54, 1.807) is 30.2 Å². The van der Waals surface area contributed by atoms with Crippen LogP contribution in [0, 0.1) is 17.3 Å². The van der Waals surface area contributed by atoms with E-state index in [-0.39, 0.29) is 23.1 Å². The van der Waals surface area contributed by atoms with Gasteiger partial charge in [0, 0.05) is 38.4 Å². The van der Waals surface area contributed by atoms with Crippen molar-refractivity contribution in [2.75, 3.05) is 36.9 Å². The van der Waals surface area contributed by atoms with Crippen LogP contribution in [-0.4, -0.2) is 69.7 Å². The Hall–Kier alpha value is -2.94. The number of piperazine rings is 1. The first kappa shape index (κ1) is 24.4. The molecule has 4 aliphatic rings. The molecule has 2 aromatic rings. The highest BCUT2D eigenvalue weighted by molar-refractivity contribution is 6.00. The lowest BCUT2D eigenvalue weighted by Gasteiger charge is -2.42. The van der Waals surface area contributed by atoms with Gasteiger partial charge in [0.1, 0.15) is 17.6 Å². The molecule has 198 valence electrons. The lowest BCUT2D eigenvalue weighted by atomic mass is 9.66. The lowest BCUT2D eigenvalue weighted by molar-refractivity contribution is -0.121. The van der Waals surface area contributed by atoms with Crippen molar-refractivity contribution < 1.29 is 9.59 Å². The Morgan fingerprint density at radius 1 is 1.08 bits per heavy atom.